The van der Waals surface area contributed by atoms with Gasteiger partial charge in [0.25, 0.3) is 0 Å². The number of ether oxygens (including phenoxy) is 4. The Labute approximate surface area is 238 Å². The van der Waals surface area contributed by atoms with E-state index in [1.54, 1.807) is 38.1 Å². The summed E-state index contributed by atoms with van der Waals surface area (Å²) < 4.78 is 21.1. The smallest absolute Gasteiger partial charge is 0.305 e. The van der Waals surface area contributed by atoms with Crippen LogP contribution in [0, 0.1) is 5.92 Å². The first kappa shape index (κ1) is 32.6. The summed E-state index contributed by atoms with van der Waals surface area (Å²) in [5.74, 6) is -2.39. The molecule has 2 atom stereocenters. The summed E-state index contributed by atoms with van der Waals surface area (Å²) in [5.41, 5.74) is 0.849. The minimum absolute atomic E-state index is 0.183. The third-order valence-electron chi connectivity index (χ3n) is 6.09. The first-order valence-electron chi connectivity index (χ1n) is 12.8. The lowest BCUT2D eigenvalue weighted by molar-refractivity contribution is -0.141. The summed E-state index contributed by atoms with van der Waals surface area (Å²) in [5, 5.41) is 14.4. The van der Waals surface area contributed by atoms with Gasteiger partial charge >= 0.3 is 5.97 Å². The number of carbonyl (C=O) groups excluding carboxylic acids is 4. The summed E-state index contributed by atoms with van der Waals surface area (Å²) in [4.78, 5) is 62.2. The van der Waals surface area contributed by atoms with Crippen molar-refractivity contribution in [3.63, 3.8) is 0 Å². The Bertz CT molecular complexity index is 1250. The van der Waals surface area contributed by atoms with E-state index >= 15 is 0 Å². The lowest BCUT2D eigenvalue weighted by Gasteiger charge is -2.25. The third-order valence-corrected chi connectivity index (χ3v) is 6.09. The number of nitrogens with one attached hydrogen (secondary N) is 2. The van der Waals surface area contributed by atoms with Gasteiger partial charge in [-0.2, -0.15) is 0 Å². The number of benzene rings is 2. The number of rotatable bonds is 16. The van der Waals surface area contributed by atoms with E-state index < -0.39 is 54.6 Å². The lowest BCUT2D eigenvalue weighted by atomic mass is 10.0. The molecule has 0 aliphatic heterocycles. The lowest BCUT2D eigenvalue weighted by Crippen LogP contribution is -2.54. The molecule has 0 saturated carbocycles. The van der Waals surface area contributed by atoms with Crippen molar-refractivity contribution in [2.45, 2.75) is 45.7 Å². The molecule has 0 saturated heterocycles. The maximum Gasteiger partial charge on any atom is 0.305 e. The molecular weight excluding hydrogens is 536 g/mol. The van der Waals surface area contributed by atoms with E-state index in [1.807, 2.05) is 0 Å². The van der Waals surface area contributed by atoms with E-state index in [2.05, 4.69) is 10.6 Å². The molecule has 0 heterocycles. The highest BCUT2D eigenvalue weighted by molar-refractivity contribution is 5.96. The normalized spacial score (nSPS) is 12.1. The summed E-state index contributed by atoms with van der Waals surface area (Å²) in [6, 6.07) is 6.86. The van der Waals surface area contributed by atoms with Gasteiger partial charge in [0.1, 0.15) is 41.7 Å². The molecule has 2 aromatic carbocycles. The van der Waals surface area contributed by atoms with Gasteiger partial charge in [-0.05, 0) is 31.0 Å². The van der Waals surface area contributed by atoms with Gasteiger partial charge in [-0.25, -0.2) is 0 Å². The fourth-order valence-electron chi connectivity index (χ4n) is 3.87. The van der Waals surface area contributed by atoms with Gasteiger partial charge in [-0.1, -0.05) is 13.8 Å². The van der Waals surface area contributed by atoms with Gasteiger partial charge in [0, 0.05) is 29.3 Å². The SMILES string of the molecule is COc1cc(OC)cc(OCC(=O)C(CC(=O)O)NC(=O)[C@@H](NC(=O)Cc2cc(C(C)=O)ccc2OC)C(C)C)c1. The average Bonchev–Trinajstić information content (AvgIpc) is 2.93. The fourth-order valence-corrected chi connectivity index (χ4v) is 3.87. The van der Waals surface area contributed by atoms with Crippen LogP contribution in [0.25, 0.3) is 0 Å². The highest BCUT2D eigenvalue weighted by atomic mass is 16.5. The number of carbonyl (C=O) groups is 5. The van der Waals surface area contributed by atoms with Crippen LogP contribution in [0.15, 0.2) is 36.4 Å². The van der Waals surface area contributed by atoms with E-state index in [1.165, 1.54) is 40.4 Å². The van der Waals surface area contributed by atoms with Crippen LogP contribution in [0.4, 0.5) is 0 Å². The first-order chi connectivity index (χ1) is 19.4. The van der Waals surface area contributed by atoms with Crippen LogP contribution in [-0.2, 0) is 25.6 Å². The number of ketones is 2. The summed E-state index contributed by atoms with van der Waals surface area (Å²) >= 11 is 0. The minimum atomic E-state index is -1.42. The Morgan fingerprint density at radius 2 is 1.46 bits per heavy atom. The average molecular weight is 573 g/mol. The second kappa shape index (κ2) is 15.2. The zero-order valence-corrected chi connectivity index (χ0v) is 23.9. The van der Waals surface area contributed by atoms with E-state index in [9.17, 15) is 29.1 Å². The molecule has 0 radical (unpaired) electrons. The molecule has 12 heteroatoms. The van der Waals surface area contributed by atoms with Crippen molar-refractivity contribution in [1.29, 1.82) is 0 Å². The molecule has 2 rings (SSSR count). The Morgan fingerprint density at radius 1 is 0.854 bits per heavy atom. The van der Waals surface area contributed by atoms with E-state index in [0.717, 1.165) is 0 Å². The van der Waals surface area contributed by atoms with E-state index in [0.29, 0.717) is 28.4 Å². The molecule has 2 amide bonds. The standard InChI is InChI=1S/C29H36N2O10/c1-16(2)28(31-26(34)10-19-9-18(17(3)32)7-8-25(19)40-6)29(37)30-23(14-27(35)36)24(33)15-41-22-12-20(38-4)11-21(13-22)39-5/h7-9,11-13,16,23,28H,10,14-15H2,1-6H3,(H,30,37)(H,31,34)(H,35,36)/t23?,28-/m0/s1. The minimum Gasteiger partial charge on any atom is -0.496 e. The highest BCUT2D eigenvalue weighted by Crippen LogP contribution is 2.27. The molecule has 12 nitrogen and oxygen atoms in total. The molecular formula is C29H36N2O10. The largest absolute Gasteiger partial charge is 0.496 e. The van der Waals surface area contributed by atoms with Gasteiger partial charge in [-0.15, -0.1) is 0 Å². The van der Waals surface area contributed by atoms with Crippen LogP contribution in [-0.4, -0.2) is 74.5 Å². The van der Waals surface area contributed by atoms with Gasteiger partial charge in [0.2, 0.25) is 11.8 Å². The van der Waals surface area contributed by atoms with Crippen molar-refractivity contribution in [3.05, 3.63) is 47.5 Å². The predicted octanol–water partition coefficient (Wildman–Crippen LogP) is 2.21. The number of amides is 2. The Morgan fingerprint density at radius 3 is 1.98 bits per heavy atom. The molecule has 222 valence electrons. The zero-order chi connectivity index (χ0) is 30.7. The Balaban J connectivity index is 2.14. The quantitative estimate of drug-likeness (QED) is 0.254. The van der Waals surface area contributed by atoms with E-state index in [-0.39, 0.29) is 18.0 Å². The number of hydrogen-bond donors (Lipinski definition) is 3. The predicted molar refractivity (Wildman–Crippen MR) is 148 cm³/mol. The number of Topliss-reactive ketones (excluding diaryl/α,β-unsaturated/α-hetero) is 2. The molecule has 0 aromatic heterocycles. The van der Waals surface area contributed by atoms with Crippen molar-refractivity contribution < 1.29 is 48.0 Å². The Kier molecular flexibility index (Phi) is 12.1. The van der Waals surface area contributed by atoms with Crippen molar-refractivity contribution in [1.82, 2.24) is 10.6 Å². The van der Waals surface area contributed by atoms with Crippen LogP contribution in [0.5, 0.6) is 23.0 Å². The molecule has 1 unspecified atom stereocenters. The maximum absolute atomic E-state index is 13.2. The van der Waals surface area contributed by atoms with Crippen LogP contribution in [0.2, 0.25) is 0 Å². The third kappa shape index (κ3) is 9.82. The maximum atomic E-state index is 13.2. The fraction of sp³-hybridized carbons (Fsp3) is 0.414. The molecule has 0 aliphatic carbocycles. The Hall–Kier alpha value is -4.61. The number of aliphatic carboxylic acids is 1. The summed E-state index contributed by atoms with van der Waals surface area (Å²) in [6.07, 6.45) is -0.876. The van der Waals surface area contributed by atoms with Gasteiger partial charge in [0.05, 0.1) is 34.2 Å². The molecule has 41 heavy (non-hydrogen) atoms. The molecule has 0 spiro atoms. The second-order valence-corrected chi connectivity index (χ2v) is 9.51. The summed E-state index contributed by atoms with van der Waals surface area (Å²) in [7, 11) is 4.33. The van der Waals surface area contributed by atoms with Gasteiger partial charge in [-0.3, -0.25) is 24.0 Å². The van der Waals surface area contributed by atoms with Crippen LogP contribution >= 0.6 is 0 Å². The van der Waals surface area contributed by atoms with Gasteiger partial charge < -0.3 is 34.7 Å². The van der Waals surface area contributed by atoms with Crippen molar-refractivity contribution in [2.24, 2.45) is 5.92 Å². The van der Waals surface area contributed by atoms with Crippen LogP contribution < -0.4 is 29.6 Å². The van der Waals surface area contributed by atoms with Crippen molar-refractivity contribution >= 4 is 29.4 Å². The number of hydrogen-bond acceptors (Lipinski definition) is 9. The molecule has 3 N–H and O–H groups in total. The monoisotopic (exact) mass is 572 g/mol. The molecule has 0 bridgehead atoms. The number of carboxylic acid groups (broad SMARTS) is 1. The van der Waals surface area contributed by atoms with Crippen molar-refractivity contribution in [2.75, 3.05) is 27.9 Å². The molecule has 2 aromatic rings. The topological polar surface area (TPSA) is 167 Å². The highest BCUT2D eigenvalue weighted by Gasteiger charge is 2.30. The number of carboxylic acids is 1. The van der Waals surface area contributed by atoms with Gasteiger partial charge in [0.15, 0.2) is 11.6 Å². The summed E-state index contributed by atoms with van der Waals surface area (Å²) in [6.45, 7) is 4.24. The molecule has 0 aliphatic rings. The van der Waals surface area contributed by atoms with Crippen LogP contribution in [0.1, 0.15) is 43.1 Å². The van der Waals surface area contributed by atoms with E-state index in [4.69, 9.17) is 18.9 Å². The van der Waals surface area contributed by atoms with Crippen LogP contribution in [0.3, 0.4) is 0 Å². The second-order valence-electron chi connectivity index (χ2n) is 9.51. The number of methoxy groups -OCH3 is 3. The first-order valence-corrected chi connectivity index (χ1v) is 12.8. The molecule has 0 fully saturated rings. The van der Waals surface area contributed by atoms with Crippen molar-refractivity contribution in [3.8, 4) is 23.0 Å². The zero-order valence-electron chi connectivity index (χ0n) is 23.9.